The van der Waals surface area contributed by atoms with E-state index in [0.717, 1.165) is 13.1 Å². The molecule has 4 heteroatoms. The molecular weight excluding hydrogens is 218 g/mol. The Hall–Kier alpha value is -1.00. The molecule has 0 amide bonds. The Morgan fingerprint density at radius 3 is 2.81 bits per heavy atom. The van der Waals surface area contributed by atoms with Crippen LogP contribution in [0.2, 0.25) is 0 Å². The van der Waals surface area contributed by atoms with Crippen molar-refractivity contribution in [2.45, 2.75) is 20.4 Å². The first-order chi connectivity index (χ1) is 7.49. The van der Waals surface area contributed by atoms with Crippen LogP contribution in [0.15, 0.2) is 18.3 Å². The van der Waals surface area contributed by atoms with E-state index in [2.05, 4.69) is 30.8 Å². The third-order valence-corrected chi connectivity index (χ3v) is 2.42. The summed E-state index contributed by atoms with van der Waals surface area (Å²) in [5.74, 6) is 0.668. The van der Waals surface area contributed by atoms with Crippen LogP contribution >= 0.6 is 12.2 Å². The molecule has 0 radical (unpaired) electrons. The van der Waals surface area contributed by atoms with Crippen LogP contribution in [0, 0.1) is 5.92 Å². The second kappa shape index (κ2) is 5.92. The summed E-state index contributed by atoms with van der Waals surface area (Å²) in [6.07, 6.45) is 1.76. The van der Waals surface area contributed by atoms with Gasteiger partial charge in [0.1, 0.15) is 4.99 Å². The standard InChI is InChI=1S/C12H19N3S/c1-9(2)7-15(3)8-10-4-5-14-11(6-10)12(13)16/h4-6,9H,7-8H2,1-3H3,(H2,13,16). The van der Waals surface area contributed by atoms with E-state index in [1.807, 2.05) is 12.1 Å². The van der Waals surface area contributed by atoms with Crippen molar-refractivity contribution < 1.29 is 0 Å². The highest BCUT2D eigenvalue weighted by Gasteiger charge is 2.05. The van der Waals surface area contributed by atoms with Gasteiger partial charge in [0.2, 0.25) is 0 Å². The molecule has 1 aromatic heterocycles. The van der Waals surface area contributed by atoms with Gasteiger partial charge in [-0.15, -0.1) is 0 Å². The number of rotatable bonds is 5. The molecule has 1 rings (SSSR count). The van der Waals surface area contributed by atoms with Crippen molar-refractivity contribution in [3.8, 4) is 0 Å². The zero-order chi connectivity index (χ0) is 12.1. The average molecular weight is 237 g/mol. The Bertz CT molecular complexity index is 363. The zero-order valence-corrected chi connectivity index (χ0v) is 10.9. The highest BCUT2D eigenvalue weighted by Crippen LogP contribution is 2.06. The van der Waals surface area contributed by atoms with Crippen LogP contribution in [-0.4, -0.2) is 28.5 Å². The number of nitrogens with zero attached hydrogens (tertiary/aromatic N) is 2. The molecule has 1 heterocycles. The molecule has 0 aliphatic rings. The van der Waals surface area contributed by atoms with Crippen LogP contribution in [-0.2, 0) is 6.54 Å². The zero-order valence-electron chi connectivity index (χ0n) is 10.1. The smallest absolute Gasteiger partial charge is 0.122 e. The van der Waals surface area contributed by atoms with Gasteiger partial charge in [-0.3, -0.25) is 4.98 Å². The molecule has 0 unspecified atom stereocenters. The van der Waals surface area contributed by atoms with Crippen molar-refractivity contribution in [1.82, 2.24) is 9.88 Å². The van der Waals surface area contributed by atoms with Gasteiger partial charge >= 0.3 is 0 Å². The summed E-state index contributed by atoms with van der Waals surface area (Å²) in [7, 11) is 2.11. The molecule has 0 spiro atoms. The minimum Gasteiger partial charge on any atom is -0.388 e. The largest absolute Gasteiger partial charge is 0.388 e. The minimum absolute atomic E-state index is 0.355. The highest BCUT2D eigenvalue weighted by atomic mass is 32.1. The Balaban J connectivity index is 2.66. The number of aromatic nitrogens is 1. The van der Waals surface area contributed by atoms with Crippen molar-refractivity contribution in [3.05, 3.63) is 29.6 Å². The number of hydrogen-bond donors (Lipinski definition) is 1. The van der Waals surface area contributed by atoms with Crippen molar-refractivity contribution in [3.63, 3.8) is 0 Å². The van der Waals surface area contributed by atoms with E-state index >= 15 is 0 Å². The van der Waals surface area contributed by atoms with Gasteiger partial charge < -0.3 is 10.6 Å². The van der Waals surface area contributed by atoms with Gasteiger partial charge in [0.25, 0.3) is 0 Å². The molecule has 0 saturated carbocycles. The highest BCUT2D eigenvalue weighted by molar-refractivity contribution is 7.80. The summed E-state index contributed by atoms with van der Waals surface area (Å²) < 4.78 is 0. The normalized spacial score (nSPS) is 11.1. The van der Waals surface area contributed by atoms with Crippen LogP contribution in [0.5, 0.6) is 0 Å². The second-order valence-corrected chi connectivity index (χ2v) is 4.94. The first-order valence-electron chi connectivity index (χ1n) is 5.42. The monoisotopic (exact) mass is 237 g/mol. The van der Waals surface area contributed by atoms with Gasteiger partial charge in [-0.2, -0.15) is 0 Å². The summed E-state index contributed by atoms with van der Waals surface area (Å²) in [5.41, 5.74) is 7.44. The Morgan fingerprint density at radius 1 is 1.56 bits per heavy atom. The minimum atomic E-state index is 0.355. The van der Waals surface area contributed by atoms with Gasteiger partial charge in [0.15, 0.2) is 0 Å². The quantitative estimate of drug-likeness (QED) is 0.793. The molecule has 0 aromatic carbocycles. The maximum absolute atomic E-state index is 5.55. The fourth-order valence-electron chi connectivity index (χ4n) is 1.71. The lowest BCUT2D eigenvalue weighted by Gasteiger charge is -2.19. The second-order valence-electron chi connectivity index (χ2n) is 4.50. The molecule has 1 aromatic rings. The van der Waals surface area contributed by atoms with Gasteiger partial charge in [-0.05, 0) is 30.7 Å². The Labute approximate surface area is 103 Å². The summed E-state index contributed by atoms with van der Waals surface area (Å²) >= 11 is 4.91. The number of pyridine rings is 1. The summed E-state index contributed by atoms with van der Waals surface area (Å²) in [6.45, 7) is 6.40. The SMILES string of the molecule is CC(C)CN(C)Cc1ccnc(C(N)=S)c1. The van der Waals surface area contributed by atoms with Crippen LogP contribution in [0.25, 0.3) is 0 Å². The molecule has 16 heavy (non-hydrogen) atoms. The first kappa shape index (κ1) is 13.1. The molecule has 2 N–H and O–H groups in total. The lowest BCUT2D eigenvalue weighted by Crippen LogP contribution is -2.23. The summed E-state index contributed by atoms with van der Waals surface area (Å²) in [4.78, 5) is 6.76. The molecule has 0 atom stereocenters. The first-order valence-corrected chi connectivity index (χ1v) is 5.83. The third kappa shape index (κ3) is 4.24. The van der Waals surface area contributed by atoms with Gasteiger partial charge in [-0.1, -0.05) is 26.1 Å². The Kier molecular flexibility index (Phi) is 4.83. The van der Waals surface area contributed by atoms with Gasteiger partial charge in [0.05, 0.1) is 5.69 Å². The van der Waals surface area contributed by atoms with Crippen LogP contribution in [0.3, 0.4) is 0 Å². The van der Waals surface area contributed by atoms with Crippen LogP contribution < -0.4 is 5.73 Å². The molecule has 3 nitrogen and oxygen atoms in total. The fourth-order valence-corrected chi connectivity index (χ4v) is 1.82. The summed E-state index contributed by atoms with van der Waals surface area (Å²) in [5, 5.41) is 0. The molecular formula is C12H19N3S. The van der Waals surface area contributed by atoms with E-state index in [0.29, 0.717) is 16.6 Å². The van der Waals surface area contributed by atoms with Gasteiger partial charge in [0, 0.05) is 19.3 Å². The van der Waals surface area contributed by atoms with E-state index in [1.165, 1.54) is 5.56 Å². The molecule has 0 fully saturated rings. The summed E-state index contributed by atoms with van der Waals surface area (Å²) in [6, 6.07) is 3.96. The molecule has 0 bridgehead atoms. The third-order valence-electron chi connectivity index (χ3n) is 2.21. The number of thiocarbonyl (C=S) groups is 1. The van der Waals surface area contributed by atoms with E-state index in [4.69, 9.17) is 18.0 Å². The lowest BCUT2D eigenvalue weighted by molar-refractivity contribution is 0.288. The topological polar surface area (TPSA) is 42.2 Å². The fraction of sp³-hybridized carbons (Fsp3) is 0.500. The van der Waals surface area contributed by atoms with E-state index in [1.54, 1.807) is 6.20 Å². The molecule has 0 saturated heterocycles. The number of hydrogen-bond acceptors (Lipinski definition) is 3. The van der Waals surface area contributed by atoms with Crippen LogP contribution in [0.1, 0.15) is 25.1 Å². The van der Waals surface area contributed by atoms with Crippen LogP contribution in [0.4, 0.5) is 0 Å². The predicted molar refractivity (Wildman–Crippen MR) is 71.3 cm³/mol. The van der Waals surface area contributed by atoms with Crippen molar-refractivity contribution in [2.75, 3.05) is 13.6 Å². The molecule has 0 aliphatic carbocycles. The predicted octanol–water partition coefficient (Wildman–Crippen LogP) is 1.80. The van der Waals surface area contributed by atoms with Crippen molar-refractivity contribution in [2.24, 2.45) is 11.7 Å². The maximum Gasteiger partial charge on any atom is 0.122 e. The van der Waals surface area contributed by atoms with Gasteiger partial charge in [-0.25, -0.2) is 0 Å². The van der Waals surface area contributed by atoms with E-state index in [9.17, 15) is 0 Å². The molecule has 0 aliphatic heterocycles. The maximum atomic E-state index is 5.55. The van der Waals surface area contributed by atoms with E-state index in [-0.39, 0.29) is 0 Å². The molecule has 88 valence electrons. The Morgan fingerprint density at radius 2 is 2.25 bits per heavy atom. The van der Waals surface area contributed by atoms with Crippen molar-refractivity contribution >= 4 is 17.2 Å². The van der Waals surface area contributed by atoms with Crippen molar-refractivity contribution in [1.29, 1.82) is 0 Å². The lowest BCUT2D eigenvalue weighted by atomic mass is 10.2. The average Bonchev–Trinajstić information content (AvgIpc) is 2.16. The van der Waals surface area contributed by atoms with E-state index < -0.39 is 0 Å². The number of nitrogens with two attached hydrogens (primary N) is 1.